The van der Waals surface area contributed by atoms with Crippen LogP contribution in [0.25, 0.3) is 6.08 Å². The Morgan fingerprint density at radius 1 is 1.14 bits per heavy atom. The summed E-state index contributed by atoms with van der Waals surface area (Å²) >= 11 is 12.1. The van der Waals surface area contributed by atoms with E-state index in [1.165, 1.54) is 12.3 Å². The quantitative estimate of drug-likeness (QED) is 0.242. The predicted octanol–water partition coefficient (Wildman–Crippen LogP) is 5.64. The van der Waals surface area contributed by atoms with Crippen LogP contribution in [-0.2, 0) is 19.6 Å². The highest BCUT2D eigenvalue weighted by molar-refractivity contribution is 7.90. The summed E-state index contributed by atoms with van der Waals surface area (Å²) < 4.78 is 43.3. The minimum atomic E-state index is -3.73. The summed E-state index contributed by atoms with van der Waals surface area (Å²) in [4.78, 5) is 16.9. The lowest BCUT2D eigenvalue weighted by Crippen LogP contribution is -2.33. The first kappa shape index (κ1) is 28.9. The number of amides is 1. The molecule has 1 amide bonds. The number of nitrogens with zero attached hydrogens (tertiary/aromatic N) is 1. The molecule has 1 heterocycles. The summed E-state index contributed by atoms with van der Waals surface area (Å²) in [5, 5.41) is 0.550. The van der Waals surface area contributed by atoms with Gasteiger partial charge in [-0.25, -0.2) is 18.1 Å². The monoisotopic (exact) mass is 544 g/mol. The van der Waals surface area contributed by atoms with Crippen LogP contribution in [0.15, 0.2) is 36.0 Å². The van der Waals surface area contributed by atoms with Crippen LogP contribution < -0.4 is 14.2 Å². The normalized spacial score (nSPS) is 11.9. The lowest BCUT2D eigenvalue weighted by Gasteiger charge is -2.14. The molecule has 0 aliphatic carbocycles. The van der Waals surface area contributed by atoms with Crippen LogP contribution in [0.4, 0.5) is 0 Å². The van der Waals surface area contributed by atoms with Gasteiger partial charge in [0, 0.05) is 30.5 Å². The number of ether oxygens (including phenoxy) is 3. The summed E-state index contributed by atoms with van der Waals surface area (Å²) in [5.41, 5.74) is 0.768. The Morgan fingerprint density at radius 2 is 1.91 bits per heavy atom. The molecule has 35 heavy (non-hydrogen) atoms. The minimum Gasteiger partial charge on any atom is -0.491 e. The van der Waals surface area contributed by atoms with Crippen LogP contribution in [0.1, 0.15) is 45.1 Å². The van der Waals surface area contributed by atoms with E-state index in [9.17, 15) is 13.2 Å². The molecule has 0 fully saturated rings. The van der Waals surface area contributed by atoms with E-state index in [0.29, 0.717) is 48.1 Å². The van der Waals surface area contributed by atoms with Gasteiger partial charge in [0.15, 0.2) is 0 Å². The van der Waals surface area contributed by atoms with Crippen molar-refractivity contribution < 1.29 is 27.4 Å². The van der Waals surface area contributed by atoms with Crippen molar-refractivity contribution in [2.75, 3.05) is 26.1 Å². The first-order valence-electron chi connectivity index (χ1n) is 11.2. The number of carbonyl (C=O) groups excluding carboxylic acids is 1. The number of nitrogens with one attached hydrogen (secondary N) is 1. The lowest BCUT2D eigenvalue weighted by molar-refractivity contribution is -0.115. The number of halogens is 2. The molecule has 2 rings (SSSR count). The average Bonchev–Trinajstić information content (AvgIpc) is 2.80. The molecule has 0 bridgehead atoms. The lowest BCUT2D eigenvalue weighted by atomic mass is 10.1. The second kappa shape index (κ2) is 14.3. The summed E-state index contributed by atoms with van der Waals surface area (Å²) in [7, 11) is -2.16. The zero-order valence-corrected chi connectivity index (χ0v) is 22.3. The van der Waals surface area contributed by atoms with Crippen LogP contribution in [0.5, 0.6) is 17.4 Å². The van der Waals surface area contributed by atoms with Crippen molar-refractivity contribution in [2.45, 2.75) is 39.5 Å². The molecule has 0 saturated carbocycles. The Balaban J connectivity index is 2.36. The molecule has 0 radical (unpaired) electrons. The summed E-state index contributed by atoms with van der Waals surface area (Å²) in [5.74, 6) is 0.131. The van der Waals surface area contributed by atoms with Crippen molar-refractivity contribution in [3.05, 3.63) is 51.6 Å². The largest absolute Gasteiger partial charge is 0.491 e. The molecule has 11 heteroatoms. The molecule has 0 spiro atoms. The van der Waals surface area contributed by atoms with Crippen LogP contribution in [-0.4, -0.2) is 45.4 Å². The zero-order chi connectivity index (χ0) is 25.8. The van der Waals surface area contributed by atoms with E-state index in [-0.39, 0.29) is 22.2 Å². The number of carbonyl (C=O) groups is 1. The van der Waals surface area contributed by atoms with Crippen LogP contribution in [0.3, 0.4) is 0 Å². The summed E-state index contributed by atoms with van der Waals surface area (Å²) in [6.07, 6.45) is 5.39. The Morgan fingerprint density at radius 3 is 2.57 bits per heavy atom. The fourth-order valence-corrected chi connectivity index (χ4v) is 4.47. The molecule has 0 saturated heterocycles. The van der Waals surface area contributed by atoms with E-state index >= 15 is 0 Å². The SMILES string of the molecule is CCCCCS(=O)(=O)NC(=O)C(=Cc1ccc(OCCOC)cc1Oc1ncc(Cl)cc1Cl)CC. The number of pyridine rings is 1. The summed E-state index contributed by atoms with van der Waals surface area (Å²) in [6.45, 7) is 4.46. The van der Waals surface area contributed by atoms with Crippen molar-refractivity contribution in [1.82, 2.24) is 9.71 Å². The van der Waals surface area contributed by atoms with Crippen molar-refractivity contribution >= 4 is 45.2 Å². The van der Waals surface area contributed by atoms with Crippen molar-refractivity contribution in [2.24, 2.45) is 0 Å². The molecule has 0 unspecified atom stereocenters. The maximum absolute atomic E-state index is 12.7. The standard InChI is InChI=1S/C24H30Cl2N2O6S/c1-4-6-7-12-35(30,31)28-23(29)17(5-2)13-18-8-9-20(33-11-10-32-3)15-22(18)34-24-21(26)14-19(25)16-27-24/h8-9,13-16H,4-7,10-12H2,1-3H3,(H,28,29). The molecule has 0 aliphatic rings. The second-order valence-electron chi connectivity index (χ2n) is 7.56. The maximum atomic E-state index is 12.7. The first-order chi connectivity index (χ1) is 16.7. The van der Waals surface area contributed by atoms with Gasteiger partial charge in [-0.1, -0.05) is 49.9 Å². The van der Waals surface area contributed by atoms with E-state index < -0.39 is 15.9 Å². The molecule has 2 aromatic rings. The number of unbranched alkanes of at least 4 members (excludes halogenated alkanes) is 2. The van der Waals surface area contributed by atoms with Gasteiger partial charge in [0.05, 0.1) is 17.4 Å². The smallest absolute Gasteiger partial charge is 0.260 e. The van der Waals surface area contributed by atoms with E-state index in [1.807, 2.05) is 6.92 Å². The molecule has 1 N–H and O–H groups in total. The van der Waals surface area contributed by atoms with Crippen LogP contribution in [0, 0.1) is 0 Å². The molecular weight excluding hydrogens is 515 g/mol. The molecule has 0 aliphatic heterocycles. The van der Waals surface area contributed by atoms with Gasteiger partial charge in [0.25, 0.3) is 5.91 Å². The number of methoxy groups -OCH3 is 1. The number of aromatic nitrogens is 1. The van der Waals surface area contributed by atoms with Crippen molar-refractivity contribution in [3.63, 3.8) is 0 Å². The predicted molar refractivity (Wildman–Crippen MR) is 138 cm³/mol. The number of hydrogen-bond donors (Lipinski definition) is 1. The topological polar surface area (TPSA) is 104 Å². The number of hydrogen-bond acceptors (Lipinski definition) is 7. The maximum Gasteiger partial charge on any atom is 0.260 e. The number of benzene rings is 1. The van der Waals surface area contributed by atoms with Gasteiger partial charge in [-0.05, 0) is 37.1 Å². The van der Waals surface area contributed by atoms with Gasteiger partial charge >= 0.3 is 0 Å². The molecule has 1 aromatic carbocycles. The van der Waals surface area contributed by atoms with Crippen LogP contribution >= 0.6 is 23.2 Å². The van der Waals surface area contributed by atoms with Gasteiger partial charge in [-0.3, -0.25) is 4.79 Å². The highest BCUT2D eigenvalue weighted by Crippen LogP contribution is 2.34. The Hall–Kier alpha value is -2.33. The Bertz CT molecular complexity index is 1140. The van der Waals surface area contributed by atoms with E-state index in [1.54, 1.807) is 38.3 Å². The Labute approximate surface area is 216 Å². The first-order valence-corrected chi connectivity index (χ1v) is 13.6. The molecule has 0 atom stereocenters. The number of rotatable bonds is 14. The van der Waals surface area contributed by atoms with E-state index in [0.717, 1.165) is 12.8 Å². The average molecular weight is 545 g/mol. The van der Waals surface area contributed by atoms with Crippen LogP contribution in [0.2, 0.25) is 10.0 Å². The van der Waals surface area contributed by atoms with Crippen molar-refractivity contribution in [1.29, 1.82) is 0 Å². The molecule has 1 aromatic heterocycles. The minimum absolute atomic E-state index is 0.105. The fourth-order valence-electron chi connectivity index (χ4n) is 2.95. The molecular formula is C24H30Cl2N2O6S. The third-order valence-electron chi connectivity index (χ3n) is 4.79. The van der Waals surface area contributed by atoms with Gasteiger partial charge in [0.1, 0.15) is 23.1 Å². The van der Waals surface area contributed by atoms with Crippen molar-refractivity contribution in [3.8, 4) is 17.4 Å². The fraction of sp³-hybridized carbons (Fsp3) is 0.417. The second-order valence-corrected chi connectivity index (χ2v) is 10.2. The zero-order valence-electron chi connectivity index (χ0n) is 20.0. The van der Waals surface area contributed by atoms with E-state index in [2.05, 4.69) is 9.71 Å². The number of sulfonamides is 1. The highest BCUT2D eigenvalue weighted by Gasteiger charge is 2.18. The van der Waals surface area contributed by atoms with Gasteiger partial charge in [-0.15, -0.1) is 0 Å². The molecule has 192 valence electrons. The third kappa shape index (κ3) is 9.68. The summed E-state index contributed by atoms with van der Waals surface area (Å²) in [6, 6.07) is 6.52. The Kier molecular flexibility index (Phi) is 11.8. The van der Waals surface area contributed by atoms with Gasteiger partial charge in [0.2, 0.25) is 15.9 Å². The van der Waals surface area contributed by atoms with E-state index in [4.69, 9.17) is 37.4 Å². The van der Waals surface area contributed by atoms with Gasteiger partial charge in [-0.2, -0.15) is 0 Å². The highest BCUT2D eigenvalue weighted by atomic mass is 35.5. The molecule has 8 nitrogen and oxygen atoms in total. The van der Waals surface area contributed by atoms with Gasteiger partial charge < -0.3 is 14.2 Å². The third-order valence-corrected chi connectivity index (χ3v) is 6.59.